The lowest BCUT2D eigenvalue weighted by Gasteiger charge is -2.10. The zero-order valence-electron chi connectivity index (χ0n) is 17.9. The Bertz CT molecular complexity index is 1360. The van der Waals surface area contributed by atoms with Crippen LogP contribution in [0.1, 0.15) is 11.1 Å². The number of ether oxygens (including phenoxy) is 1. The lowest BCUT2D eigenvalue weighted by molar-refractivity contribution is 0.262. The van der Waals surface area contributed by atoms with Gasteiger partial charge in [0.2, 0.25) is 0 Å². The number of amides is 2. The maximum atomic E-state index is 12.7. The molecular weight excluding hydrogens is 450 g/mol. The van der Waals surface area contributed by atoms with E-state index in [1.807, 2.05) is 85.1 Å². The number of nitrogens with zero attached hydrogens (tertiary/aromatic N) is 1. The Balaban J connectivity index is 1.24. The predicted octanol–water partition coefficient (Wildman–Crippen LogP) is 7.56. The molecule has 0 radical (unpaired) electrons. The fraction of sp³-hybridized carbons (Fsp3) is 0.0769. The molecule has 2 N–H and O–H groups in total. The number of thiazole rings is 1. The molecule has 5 rings (SSSR count). The highest BCUT2D eigenvalue weighted by atomic mass is 32.1. The molecule has 0 fully saturated rings. The Labute approximate surface area is 199 Å². The molecular formula is C26H21N3O2S2. The predicted molar refractivity (Wildman–Crippen MR) is 138 cm³/mol. The van der Waals surface area contributed by atoms with E-state index in [2.05, 4.69) is 16.7 Å². The quantitative estimate of drug-likeness (QED) is 0.269. The first-order valence-corrected chi connectivity index (χ1v) is 12.1. The monoisotopic (exact) mass is 471 g/mol. The second kappa shape index (κ2) is 9.44. The van der Waals surface area contributed by atoms with E-state index in [0.717, 1.165) is 42.7 Å². The second-order valence-electron chi connectivity index (χ2n) is 7.49. The Morgan fingerprint density at radius 3 is 2.48 bits per heavy atom. The first-order chi connectivity index (χ1) is 16.2. The van der Waals surface area contributed by atoms with Crippen LogP contribution in [0.25, 0.3) is 20.8 Å². The molecule has 0 unspecified atom stereocenters. The van der Waals surface area contributed by atoms with Crippen molar-refractivity contribution in [2.24, 2.45) is 0 Å². The van der Waals surface area contributed by atoms with Gasteiger partial charge in [-0.05, 0) is 59.8 Å². The van der Waals surface area contributed by atoms with Crippen LogP contribution in [0.2, 0.25) is 0 Å². The van der Waals surface area contributed by atoms with Gasteiger partial charge >= 0.3 is 6.03 Å². The van der Waals surface area contributed by atoms with E-state index in [1.54, 1.807) is 11.3 Å². The molecule has 0 saturated heterocycles. The van der Waals surface area contributed by atoms with Gasteiger partial charge in [0.25, 0.3) is 0 Å². The molecule has 0 atom stereocenters. The number of urea groups is 1. The number of hydrogen-bond donors (Lipinski definition) is 2. The van der Waals surface area contributed by atoms with Gasteiger partial charge in [-0.25, -0.2) is 9.78 Å². The topological polar surface area (TPSA) is 63.2 Å². The number of rotatable bonds is 6. The third-order valence-corrected chi connectivity index (χ3v) is 7.14. The summed E-state index contributed by atoms with van der Waals surface area (Å²) in [5.74, 6) is 0.747. The van der Waals surface area contributed by atoms with Crippen molar-refractivity contribution in [3.05, 3.63) is 95.4 Å². The molecule has 7 heteroatoms. The van der Waals surface area contributed by atoms with Gasteiger partial charge in [0.05, 0.1) is 10.2 Å². The molecule has 2 amide bonds. The van der Waals surface area contributed by atoms with E-state index in [-0.39, 0.29) is 6.03 Å². The summed E-state index contributed by atoms with van der Waals surface area (Å²) in [5, 5.41) is 9.61. The van der Waals surface area contributed by atoms with Gasteiger partial charge in [-0.1, -0.05) is 42.5 Å². The number of carbonyl (C=O) groups excluding carboxylic acids is 1. The molecule has 2 aromatic heterocycles. The van der Waals surface area contributed by atoms with Crippen LogP contribution in [0.15, 0.2) is 84.2 Å². The molecule has 33 heavy (non-hydrogen) atoms. The van der Waals surface area contributed by atoms with Gasteiger partial charge in [0, 0.05) is 11.3 Å². The average molecular weight is 472 g/mol. The summed E-state index contributed by atoms with van der Waals surface area (Å²) in [5.41, 5.74) is 4.83. The maximum absolute atomic E-state index is 12.7. The SMILES string of the molecule is Cc1csc(NC(=O)Nc2ccc(OCc3ccccc3)cc2)c1-c1nc2ccccc2s1. The number of nitrogens with one attached hydrogen (secondary N) is 2. The first kappa shape index (κ1) is 21.2. The van der Waals surface area contributed by atoms with Crippen LogP contribution in [0, 0.1) is 6.92 Å². The summed E-state index contributed by atoms with van der Waals surface area (Å²) in [6, 6.07) is 25.1. The molecule has 0 spiro atoms. The number of thiophene rings is 1. The zero-order valence-corrected chi connectivity index (χ0v) is 19.5. The number of fused-ring (bicyclic) bond motifs is 1. The lowest BCUT2D eigenvalue weighted by atomic mass is 10.2. The number of para-hydroxylation sites is 1. The fourth-order valence-corrected chi connectivity index (χ4v) is 5.51. The van der Waals surface area contributed by atoms with E-state index in [0.29, 0.717) is 12.3 Å². The molecule has 0 aliphatic rings. The zero-order chi connectivity index (χ0) is 22.6. The molecule has 164 valence electrons. The third kappa shape index (κ3) is 4.89. The Morgan fingerprint density at radius 1 is 0.939 bits per heavy atom. The standard InChI is InChI=1S/C26H21N3O2S2/c1-17-16-32-24(23(17)25-28-21-9-5-6-10-22(21)33-25)29-26(30)27-19-11-13-20(14-12-19)31-15-18-7-3-2-4-8-18/h2-14,16H,15H2,1H3,(H2,27,29,30). The molecule has 3 aromatic carbocycles. The smallest absolute Gasteiger partial charge is 0.324 e. The minimum absolute atomic E-state index is 0.294. The van der Waals surface area contributed by atoms with Crippen LogP contribution in [0.5, 0.6) is 5.75 Å². The van der Waals surface area contributed by atoms with E-state index in [4.69, 9.17) is 9.72 Å². The largest absolute Gasteiger partial charge is 0.489 e. The van der Waals surface area contributed by atoms with Crippen molar-refractivity contribution in [3.63, 3.8) is 0 Å². The number of benzene rings is 3. The summed E-state index contributed by atoms with van der Waals surface area (Å²) in [6.45, 7) is 2.54. The van der Waals surface area contributed by atoms with Crippen molar-refractivity contribution < 1.29 is 9.53 Å². The van der Waals surface area contributed by atoms with Gasteiger partial charge in [0.1, 0.15) is 22.4 Å². The van der Waals surface area contributed by atoms with E-state index < -0.39 is 0 Å². The Hall–Kier alpha value is -3.68. The Kier molecular flexibility index (Phi) is 6.06. The normalized spacial score (nSPS) is 10.8. The molecule has 2 heterocycles. The van der Waals surface area contributed by atoms with Crippen LogP contribution in [-0.2, 0) is 6.61 Å². The van der Waals surface area contributed by atoms with Gasteiger partial charge in [-0.3, -0.25) is 5.32 Å². The van der Waals surface area contributed by atoms with Crippen molar-refractivity contribution in [3.8, 4) is 16.3 Å². The molecule has 5 nitrogen and oxygen atoms in total. The van der Waals surface area contributed by atoms with Crippen LogP contribution >= 0.6 is 22.7 Å². The molecule has 0 saturated carbocycles. The van der Waals surface area contributed by atoms with Crippen molar-refractivity contribution >= 4 is 49.6 Å². The van der Waals surface area contributed by atoms with Crippen molar-refractivity contribution in [1.29, 1.82) is 0 Å². The molecule has 0 aliphatic carbocycles. The lowest BCUT2D eigenvalue weighted by Crippen LogP contribution is -2.19. The molecule has 5 aromatic rings. The van der Waals surface area contributed by atoms with Crippen LogP contribution in [0.4, 0.5) is 15.5 Å². The molecule has 0 bridgehead atoms. The molecule has 0 aliphatic heterocycles. The fourth-order valence-electron chi connectivity index (χ4n) is 3.42. The summed E-state index contributed by atoms with van der Waals surface area (Å²) >= 11 is 3.13. The van der Waals surface area contributed by atoms with Crippen LogP contribution in [-0.4, -0.2) is 11.0 Å². The summed E-state index contributed by atoms with van der Waals surface area (Å²) in [4.78, 5) is 17.4. The van der Waals surface area contributed by atoms with Gasteiger partial charge in [-0.15, -0.1) is 22.7 Å². The van der Waals surface area contributed by atoms with Gasteiger partial charge in [0.15, 0.2) is 0 Å². The summed E-state index contributed by atoms with van der Waals surface area (Å²) in [7, 11) is 0. The third-order valence-electron chi connectivity index (χ3n) is 5.07. The van der Waals surface area contributed by atoms with E-state index >= 15 is 0 Å². The second-order valence-corrected chi connectivity index (χ2v) is 9.40. The summed E-state index contributed by atoms with van der Waals surface area (Å²) < 4.78 is 6.94. The summed E-state index contributed by atoms with van der Waals surface area (Å²) in [6.07, 6.45) is 0. The number of aryl methyl sites for hydroxylation is 1. The van der Waals surface area contributed by atoms with Crippen molar-refractivity contribution in [2.75, 3.05) is 10.6 Å². The van der Waals surface area contributed by atoms with Crippen molar-refractivity contribution in [1.82, 2.24) is 4.98 Å². The van der Waals surface area contributed by atoms with E-state index in [1.165, 1.54) is 11.3 Å². The average Bonchev–Trinajstić information content (AvgIpc) is 3.42. The number of carbonyl (C=O) groups is 1. The van der Waals surface area contributed by atoms with Crippen LogP contribution < -0.4 is 15.4 Å². The van der Waals surface area contributed by atoms with Crippen LogP contribution in [0.3, 0.4) is 0 Å². The van der Waals surface area contributed by atoms with Gasteiger partial charge in [-0.2, -0.15) is 0 Å². The highest BCUT2D eigenvalue weighted by Gasteiger charge is 2.17. The number of aromatic nitrogens is 1. The minimum Gasteiger partial charge on any atom is -0.489 e. The van der Waals surface area contributed by atoms with E-state index in [9.17, 15) is 4.79 Å². The maximum Gasteiger partial charge on any atom is 0.324 e. The number of anilines is 2. The highest BCUT2D eigenvalue weighted by molar-refractivity contribution is 7.22. The highest BCUT2D eigenvalue weighted by Crippen LogP contribution is 2.40. The van der Waals surface area contributed by atoms with Crippen molar-refractivity contribution in [2.45, 2.75) is 13.5 Å². The minimum atomic E-state index is -0.294. The first-order valence-electron chi connectivity index (χ1n) is 10.4. The Morgan fingerprint density at radius 2 is 1.70 bits per heavy atom. The van der Waals surface area contributed by atoms with Gasteiger partial charge < -0.3 is 10.1 Å². The number of hydrogen-bond acceptors (Lipinski definition) is 5.